The molecule has 0 rings (SSSR count). The Bertz CT molecular complexity index is 173. The van der Waals surface area contributed by atoms with Crippen LogP contribution in [0.5, 0.6) is 0 Å². The topological polar surface area (TPSA) is 124 Å². The molecule has 0 bridgehead atoms. The van der Waals surface area contributed by atoms with Crippen molar-refractivity contribution in [2.75, 3.05) is 11.5 Å². The van der Waals surface area contributed by atoms with Gasteiger partial charge in [0.05, 0.1) is 0 Å². The maximum absolute atomic E-state index is 10.2. The Labute approximate surface area is 80.8 Å². The van der Waals surface area contributed by atoms with Gasteiger partial charge in [0.25, 0.3) is 0 Å². The zero-order valence-electron chi connectivity index (χ0n) is 6.88. The van der Waals surface area contributed by atoms with E-state index in [4.69, 9.17) is 25.2 Å². The molecular weight excluding hydrogens is 214 g/mol. The fourth-order valence-electron chi connectivity index (χ4n) is 0.491. The van der Waals surface area contributed by atoms with Crippen molar-refractivity contribution >= 4 is 26.5 Å². The average Bonchev–Trinajstić information content (AvgIpc) is 1.95. The predicted octanol–water partition coefficient (Wildman–Crippen LogP) is -1.95. The molecule has 78 valence electrons. The molecule has 6 nitrogen and oxygen atoms in total. The molecule has 0 fully saturated rings. The van der Waals surface area contributed by atoms with Crippen molar-refractivity contribution in [3.05, 3.63) is 0 Å². The Morgan fingerprint density at radius 2 is 2.00 bits per heavy atom. The van der Waals surface area contributed by atoms with Crippen molar-refractivity contribution in [3.63, 3.8) is 0 Å². The van der Waals surface area contributed by atoms with Crippen molar-refractivity contribution in [1.29, 1.82) is 0 Å². The third-order valence-electron chi connectivity index (χ3n) is 1.20. The number of hydrogen-bond acceptors (Lipinski definition) is 6. The predicted molar refractivity (Wildman–Crippen MR) is 50.2 cm³/mol. The second-order valence-electron chi connectivity index (χ2n) is 2.54. The van der Waals surface area contributed by atoms with Crippen molar-refractivity contribution in [1.82, 2.24) is 0 Å². The molecule has 0 spiro atoms. The first kappa shape index (κ1) is 12.9. The summed E-state index contributed by atoms with van der Waals surface area (Å²) in [5.41, 5.74) is 5.17. The highest BCUT2D eigenvalue weighted by atomic mass is 32.2. The van der Waals surface area contributed by atoms with E-state index in [1.165, 1.54) is 11.8 Å². The van der Waals surface area contributed by atoms with Gasteiger partial charge in [-0.3, -0.25) is 4.79 Å². The minimum absolute atomic E-state index is 0.107. The summed E-state index contributed by atoms with van der Waals surface area (Å²) in [5, 5.41) is 8.36. The number of carboxylic acids is 1. The molecule has 0 saturated carbocycles. The summed E-state index contributed by atoms with van der Waals surface area (Å²) < 4.78 is 0. The Hall–Kier alpha value is -0.123. The minimum Gasteiger partial charge on any atom is -0.480 e. The number of hydrogen-bond donors (Lipinski definition) is 5. The van der Waals surface area contributed by atoms with Crippen LogP contribution in [-0.2, 0) is 4.79 Å². The summed E-state index contributed by atoms with van der Waals surface area (Å²) in [6.45, 7) is 0. The highest BCUT2D eigenvalue weighted by Gasteiger charge is 2.26. The lowest BCUT2D eigenvalue weighted by atomic mass is 10.4. The van der Waals surface area contributed by atoms with E-state index in [-0.39, 0.29) is 17.5 Å². The van der Waals surface area contributed by atoms with Gasteiger partial charge in [-0.25, -0.2) is 0 Å². The van der Waals surface area contributed by atoms with E-state index in [0.29, 0.717) is 0 Å². The molecule has 0 aliphatic rings. The first-order valence-electron chi connectivity index (χ1n) is 3.56. The van der Waals surface area contributed by atoms with E-state index in [0.717, 1.165) is 0 Å². The Morgan fingerprint density at radius 1 is 1.46 bits per heavy atom. The Morgan fingerprint density at radius 3 is 2.38 bits per heavy atom. The smallest absolute Gasteiger partial charge is 0.480 e. The molecule has 0 amide bonds. The molecule has 0 aromatic rings. The monoisotopic (exact) mass is 227 g/mol. The van der Waals surface area contributed by atoms with Crippen LogP contribution in [0, 0.1) is 0 Å². The molecule has 13 heavy (non-hydrogen) atoms. The standard InChI is InChI=1S/C5H13NO5SSi/c6-4(5(7)8)3-12-1-2-13(9,10)11/h4,9-11H,1-3,6H2,(H,7,8)/t4-/m0/s1. The van der Waals surface area contributed by atoms with E-state index in [9.17, 15) is 4.79 Å². The Kier molecular flexibility index (Phi) is 5.52. The summed E-state index contributed by atoms with van der Waals surface area (Å²) in [7, 11) is -3.97. The van der Waals surface area contributed by atoms with E-state index < -0.39 is 20.8 Å². The number of aliphatic carboxylic acids is 1. The van der Waals surface area contributed by atoms with E-state index >= 15 is 0 Å². The zero-order chi connectivity index (χ0) is 10.5. The molecule has 0 heterocycles. The molecule has 0 aromatic carbocycles. The van der Waals surface area contributed by atoms with Gasteiger partial charge in [-0.1, -0.05) is 0 Å². The summed E-state index contributed by atoms with van der Waals surface area (Å²) in [6.07, 6.45) is 0. The second-order valence-corrected chi connectivity index (χ2v) is 5.74. The quantitative estimate of drug-likeness (QED) is 0.264. The lowest BCUT2D eigenvalue weighted by Crippen LogP contribution is -2.36. The minimum atomic E-state index is -3.97. The molecule has 0 aliphatic heterocycles. The lowest BCUT2D eigenvalue weighted by molar-refractivity contribution is -0.137. The Balaban J connectivity index is 3.41. The van der Waals surface area contributed by atoms with Crippen LogP contribution in [0.4, 0.5) is 0 Å². The van der Waals surface area contributed by atoms with Gasteiger partial charge >= 0.3 is 14.8 Å². The van der Waals surface area contributed by atoms with Crippen molar-refractivity contribution < 1.29 is 24.3 Å². The van der Waals surface area contributed by atoms with Gasteiger partial charge in [-0.15, -0.1) is 0 Å². The van der Waals surface area contributed by atoms with Crippen LogP contribution < -0.4 is 5.73 Å². The third-order valence-corrected chi connectivity index (χ3v) is 3.57. The van der Waals surface area contributed by atoms with E-state index in [1.54, 1.807) is 0 Å². The van der Waals surface area contributed by atoms with Crippen molar-refractivity contribution in [2.45, 2.75) is 12.1 Å². The largest absolute Gasteiger partial charge is 0.493 e. The second kappa shape index (κ2) is 5.57. The summed E-state index contributed by atoms with van der Waals surface area (Å²) >= 11 is 1.17. The van der Waals surface area contributed by atoms with Gasteiger partial charge in [0, 0.05) is 11.8 Å². The van der Waals surface area contributed by atoms with Gasteiger partial charge in [0.2, 0.25) is 0 Å². The zero-order valence-corrected chi connectivity index (χ0v) is 8.70. The molecular formula is C5H13NO5SSi. The fraction of sp³-hybridized carbons (Fsp3) is 0.800. The maximum atomic E-state index is 10.2. The number of rotatable bonds is 6. The van der Waals surface area contributed by atoms with Gasteiger partial charge in [-0.05, 0) is 5.75 Å². The first-order valence-corrected chi connectivity index (χ1v) is 6.76. The van der Waals surface area contributed by atoms with E-state index in [1.807, 2.05) is 0 Å². The van der Waals surface area contributed by atoms with Gasteiger partial charge < -0.3 is 25.2 Å². The molecule has 0 aliphatic carbocycles. The van der Waals surface area contributed by atoms with Crippen molar-refractivity contribution in [2.24, 2.45) is 5.73 Å². The number of carboxylic acid groups (broad SMARTS) is 1. The molecule has 1 atom stereocenters. The highest BCUT2D eigenvalue weighted by Crippen LogP contribution is 2.08. The van der Waals surface area contributed by atoms with Gasteiger partial charge in [-0.2, -0.15) is 11.8 Å². The number of nitrogens with two attached hydrogens (primary N) is 1. The summed E-state index contributed by atoms with van der Waals surface area (Å²) in [5.74, 6) is -0.607. The SMILES string of the molecule is N[C@@H](CSCC[Si](O)(O)O)C(=O)O. The lowest BCUT2D eigenvalue weighted by Gasteiger charge is -2.09. The maximum Gasteiger partial charge on any atom is 0.493 e. The van der Waals surface area contributed by atoms with Crippen LogP contribution >= 0.6 is 11.8 Å². The molecule has 0 aromatic heterocycles. The number of thioether (sulfide) groups is 1. The van der Waals surface area contributed by atoms with Gasteiger partial charge in [0.1, 0.15) is 6.04 Å². The van der Waals surface area contributed by atoms with E-state index in [2.05, 4.69) is 0 Å². The number of carbonyl (C=O) groups is 1. The molecule has 8 heteroatoms. The van der Waals surface area contributed by atoms with Crippen LogP contribution in [-0.4, -0.2) is 51.8 Å². The molecule has 6 N–H and O–H groups in total. The fourth-order valence-corrected chi connectivity index (χ4v) is 2.73. The van der Waals surface area contributed by atoms with Crippen LogP contribution in [0.25, 0.3) is 0 Å². The van der Waals surface area contributed by atoms with Crippen LogP contribution in [0.1, 0.15) is 0 Å². The van der Waals surface area contributed by atoms with Crippen LogP contribution in [0.15, 0.2) is 0 Å². The average molecular weight is 227 g/mol. The normalized spacial score (nSPS) is 14.2. The highest BCUT2D eigenvalue weighted by molar-refractivity contribution is 7.99. The van der Waals surface area contributed by atoms with Crippen LogP contribution in [0.3, 0.4) is 0 Å². The summed E-state index contributed by atoms with van der Waals surface area (Å²) in [4.78, 5) is 36.0. The van der Waals surface area contributed by atoms with Crippen molar-refractivity contribution in [3.8, 4) is 0 Å². The molecule has 0 saturated heterocycles. The molecule has 0 unspecified atom stereocenters. The van der Waals surface area contributed by atoms with Crippen LogP contribution in [0.2, 0.25) is 6.04 Å². The molecule has 0 radical (unpaired) electrons. The third kappa shape index (κ3) is 8.21. The first-order chi connectivity index (χ1) is 5.83. The summed E-state index contributed by atoms with van der Waals surface area (Å²) in [6, 6.07) is -1.05. The van der Waals surface area contributed by atoms with Gasteiger partial charge in [0.15, 0.2) is 0 Å².